The lowest BCUT2D eigenvalue weighted by atomic mass is 10.2. The Morgan fingerprint density at radius 1 is 1.15 bits per heavy atom. The molecule has 0 saturated carbocycles. The van der Waals surface area contributed by atoms with E-state index in [0.29, 0.717) is 6.41 Å². The molecule has 1 amide bonds. The lowest BCUT2D eigenvalue weighted by Crippen LogP contribution is -2.00. The zero-order valence-electron chi connectivity index (χ0n) is 7.72. The van der Waals surface area contributed by atoms with Crippen LogP contribution in [0.3, 0.4) is 0 Å². The van der Waals surface area contributed by atoms with Crippen LogP contribution >= 0.6 is 0 Å². The molecule has 3 N–H and O–H groups in total. The molecule has 0 saturated heterocycles. The summed E-state index contributed by atoms with van der Waals surface area (Å²) in [6.45, 7) is 0. The fourth-order valence-electron chi connectivity index (χ4n) is 1.10. The largest absolute Gasteiger partial charge is 0.388 e. The van der Waals surface area contributed by atoms with E-state index in [2.05, 4.69) is 16.0 Å². The topological polar surface area (TPSA) is 53.2 Å². The zero-order chi connectivity index (χ0) is 9.68. The monoisotopic (exact) mass is 179 g/mol. The molecule has 13 heavy (non-hydrogen) atoms. The Bertz CT molecular complexity index is 299. The second-order valence-corrected chi connectivity index (χ2v) is 2.52. The lowest BCUT2D eigenvalue weighted by molar-refractivity contribution is -0.105. The summed E-state index contributed by atoms with van der Waals surface area (Å²) in [6.07, 6.45) is 0.662. The van der Waals surface area contributed by atoms with E-state index in [0.717, 1.165) is 17.1 Å². The van der Waals surface area contributed by atoms with E-state index in [1.807, 2.05) is 32.3 Å². The van der Waals surface area contributed by atoms with E-state index in [-0.39, 0.29) is 0 Å². The van der Waals surface area contributed by atoms with Gasteiger partial charge in [-0.2, -0.15) is 0 Å². The van der Waals surface area contributed by atoms with E-state index < -0.39 is 0 Å². The minimum atomic E-state index is 0.662. The van der Waals surface area contributed by atoms with Gasteiger partial charge in [-0.05, 0) is 18.2 Å². The Labute approximate surface area is 77.3 Å². The standard InChI is InChI=1S/C9H13N3O/c1-10-7-3-4-8(12-6-13)9(5-7)11-2/h3-6,10-11H,1-2H3,(H,12,13). The summed E-state index contributed by atoms with van der Waals surface area (Å²) in [5.41, 5.74) is 2.66. The van der Waals surface area contributed by atoms with Gasteiger partial charge in [-0.15, -0.1) is 0 Å². The molecule has 1 aromatic carbocycles. The van der Waals surface area contributed by atoms with Gasteiger partial charge >= 0.3 is 0 Å². The fourth-order valence-corrected chi connectivity index (χ4v) is 1.10. The first kappa shape index (κ1) is 9.38. The number of hydrogen-bond acceptors (Lipinski definition) is 3. The number of anilines is 3. The highest BCUT2D eigenvalue weighted by atomic mass is 16.1. The summed E-state index contributed by atoms with van der Waals surface area (Å²) in [6, 6.07) is 5.66. The van der Waals surface area contributed by atoms with Gasteiger partial charge in [-0.3, -0.25) is 4.79 Å². The fraction of sp³-hybridized carbons (Fsp3) is 0.222. The molecule has 1 rings (SSSR count). The Kier molecular flexibility index (Phi) is 3.14. The minimum Gasteiger partial charge on any atom is -0.388 e. The Morgan fingerprint density at radius 2 is 1.92 bits per heavy atom. The van der Waals surface area contributed by atoms with Crippen molar-refractivity contribution in [1.82, 2.24) is 0 Å². The first-order valence-electron chi connectivity index (χ1n) is 4.01. The maximum atomic E-state index is 10.2. The van der Waals surface area contributed by atoms with Crippen LogP contribution in [-0.2, 0) is 4.79 Å². The van der Waals surface area contributed by atoms with Crippen molar-refractivity contribution in [2.24, 2.45) is 0 Å². The van der Waals surface area contributed by atoms with Crippen molar-refractivity contribution in [3.05, 3.63) is 18.2 Å². The van der Waals surface area contributed by atoms with Crippen LogP contribution < -0.4 is 16.0 Å². The summed E-state index contributed by atoms with van der Waals surface area (Å²) in [4.78, 5) is 10.2. The molecule has 0 aromatic heterocycles. The number of nitrogens with one attached hydrogen (secondary N) is 3. The molecule has 0 aliphatic rings. The Balaban J connectivity index is 3.00. The third-order valence-electron chi connectivity index (χ3n) is 1.79. The van der Waals surface area contributed by atoms with Gasteiger partial charge in [0, 0.05) is 19.8 Å². The highest BCUT2D eigenvalue weighted by Crippen LogP contribution is 2.24. The van der Waals surface area contributed by atoms with Gasteiger partial charge in [-0.25, -0.2) is 0 Å². The minimum absolute atomic E-state index is 0.662. The number of benzene rings is 1. The van der Waals surface area contributed by atoms with E-state index >= 15 is 0 Å². The molecule has 1 aromatic rings. The number of hydrogen-bond donors (Lipinski definition) is 3. The molecular weight excluding hydrogens is 166 g/mol. The van der Waals surface area contributed by atoms with E-state index in [1.54, 1.807) is 0 Å². The van der Waals surface area contributed by atoms with Crippen LogP contribution in [-0.4, -0.2) is 20.5 Å². The van der Waals surface area contributed by atoms with Crippen molar-refractivity contribution in [3.63, 3.8) is 0 Å². The predicted octanol–water partition coefficient (Wildman–Crippen LogP) is 1.34. The molecule has 0 unspecified atom stereocenters. The van der Waals surface area contributed by atoms with Gasteiger partial charge in [-0.1, -0.05) is 0 Å². The quantitative estimate of drug-likeness (QED) is 0.611. The summed E-state index contributed by atoms with van der Waals surface area (Å²) < 4.78 is 0. The number of rotatable bonds is 4. The van der Waals surface area contributed by atoms with Gasteiger partial charge in [0.05, 0.1) is 11.4 Å². The van der Waals surface area contributed by atoms with Crippen molar-refractivity contribution >= 4 is 23.5 Å². The smallest absolute Gasteiger partial charge is 0.211 e. The summed E-state index contributed by atoms with van der Waals surface area (Å²) in [7, 11) is 3.66. The van der Waals surface area contributed by atoms with Crippen LogP contribution in [0.1, 0.15) is 0 Å². The molecule has 0 fully saturated rings. The second kappa shape index (κ2) is 4.35. The number of carbonyl (C=O) groups excluding carboxylic acids is 1. The van der Waals surface area contributed by atoms with Crippen molar-refractivity contribution in [3.8, 4) is 0 Å². The maximum Gasteiger partial charge on any atom is 0.211 e. The van der Waals surface area contributed by atoms with Crippen LogP contribution in [0.4, 0.5) is 17.1 Å². The number of carbonyl (C=O) groups is 1. The first-order valence-corrected chi connectivity index (χ1v) is 4.01. The molecule has 0 aliphatic heterocycles. The molecular formula is C9H13N3O. The molecule has 0 aliphatic carbocycles. The summed E-state index contributed by atoms with van der Waals surface area (Å²) in [5, 5.41) is 8.62. The normalized spacial score (nSPS) is 9.08. The molecule has 0 bridgehead atoms. The maximum absolute atomic E-state index is 10.2. The zero-order valence-corrected chi connectivity index (χ0v) is 7.72. The van der Waals surface area contributed by atoms with Crippen molar-refractivity contribution < 1.29 is 4.79 Å². The predicted molar refractivity (Wildman–Crippen MR) is 55.2 cm³/mol. The molecule has 0 spiro atoms. The van der Waals surface area contributed by atoms with Gasteiger partial charge < -0.3 is 16.0 Å². The average molecular weight is 179 g/mol. The SMILES string of the molecule is CNc1ccc(NC=O)c(NC)c1. The third-order valence-corrected chi connectivity index (χ3v) is 1.79. The van der Waals surface area contributed by atoms with Crippen molar-refractivity contribution in [2.75, 3.05) is 30.0 Å². The van der Waals surface area contributed by atoms with Crippen molar-refractivity contribution in [1.29, 1.82) is 0 Å². The molecule has 0 atom stereocenters. The second-order valence-electron chi connectivity index (χ2n) is 2.52. The van der Waals surface area contributed by atoms with E-state index in [9.17, 15) is 4.79 Å². The van der Waals surface area contributed by atoms with Gasteiger partial charge in [0.1, 0.15) is 0 Å². The lowest BCUT2D eigenvalue weighted by Gasteiger charge is -2.09. The highest BCUT2D eigenvalue weighted by Gasteiger charge is 1.99. The summed E-state index contributed by atoms with van der Waals surface area (Å²) in [5.74, 6) is 0. The Morgan fingerprint density at radius 3 is 2.46 bits per heavy atom. The van der Waals surface area contributed by atoms with Gasteiger partial charge in [0.2, 0.25) is 6.41 Å². The molecule has 4 nitrogen and oxygen atoms in total. The number of amides is 1. The van der Waals surface area contributed by atoms with Crippen LogP contribution in [0.5, 0.6) is 0 Å². The van der Waals surface area contributed by atoms with Crippen LogP contribution in [0.15, 0.2) is 18.2 Å². The van der Waals surface area contributed by atoms with Crippen LogP contribution in [0.2, 0.25) is 0 Å². The average Bonchev–Trinajstić information content (AvgIpc) is 2.19. The summed E-state index contributed by atoms with van der Waals surface area (Å²) >= 11 is 0. The van der Waals surface area contributed by atoms with Gasteiger partial charge in [0.15, 0.2) is 0 Å². The molecule has 0 radical (unpaired) electrons. The van der Waals surface area contributed by atoms with Crippen LogP contribution in [0, 0.1) is 0 Å². The Hall–Kier alpha value is -1.71. The van der Waals surface area contributed by atoms with Crippen LogP contribution in [0.25, 0.3) is 0 Å². The molecule has 4 heteroatoms. The van der Waals surface area contributed by atoms with E-state index in [1.165, 1.54) is 0 Å². The highest BCUT2D eigenvalue weighted by molar-refractivity contribution is 5.82. The molecule has 70 valence electrons. The van der Waals surface area contributed by atoms with Gasteiger partial charge in [0.25, 0.3) is 0 Å². The third kappa shape index (κ3) is 2.11. The molecule has 0 heterocycles. The first-order chi connectivity index (χ1) is 6.31. The van der Waals surface area contributed by atoms with E-state index in [4.69, 9.17) is 0 Å². The van der Waals surface area contributed by atoms with Crippen molar-refractivity contribution in [2.45, 2.75) is 0 Å².